The average Bonchev–Trinajstić information content (AvgIpc) is 2.45. The van der Waals surface area contributed by atoms with Crippen molar-refractivity contribution in [2.24, 2.45) is 0 Å². The Morgan fingerprint density at radius 1 is 1.35 bits per heavy atom. The zero-order chi connectivity index (χ0) is 15.3. The minimum atomic E-state index is -3.50. The molecule has 1 N–H and O–H groups in total. The minimum Gasteiger partial charge on any atom is -0.383 e. The third kappa shape index (κ3) is 3.79. The van der Waals surface area contributed by atoms with Crippen molar-refractivity contribution < 1.29 is 13.2 Å². The number of hydrogen-bond acceptors (Lipinski definition) is 4. The molecule has 1 rings (SSSR count). The largest absolute Gasteiger partial charge is 0.383 e. The van der Waals surface area contributed by atoms with Crippen molar-refractivity contribution in [1.82, 2.24) is 9.62 Å². The van der Waals surface area contributed by atoms with Gasteiger partial charge in [0.1, 0.15) is 0 Å². The first kappa shape index (κ1) is 17.1. The summed E-state index contributed by atoms with van der Waals surface area (Å²) < 4.78 is 31.5. The molecule has 0 aromatic heterocycles. The van der Waals surface area contributed by atoms with Crippen LogP contribution in [0, 0.1) is 0 Å². The number of methoxy groups -OCH3 is 1. The highest BCUT2D eigenvalue weighted by molar-refractivity contribution is 7.89. The lowest BCUT2D eigenvalue weighted by atomic mass is 10.1. The molecule has 0 saturated heterocycles. The molecule has 0 radical (unpaired) electrons. The maximum Gasteiger partial charge on any atom is 0.243 e. The zero-order valence-electron chi connectivity index (χ0n) is 12.8. The van der Waals surface area contributed by atoms with Gasteiger partial charge in [0.25, 0.3) is 0 Å². The second-order valence-corrected chi connectivity index (χ2v) is 6.91. The topological polar surface area (TPSA) is 58.6 Å². The molecule has 0 bridgehead atoms. The molecule has 0 heterocycles. The van der Waals surface area contributed by atoms with Crippen molar-refractivity contribution in [2.45, 2.75) is 30.8 Å². The summed E-state index contributed by atoms with van der Waals surface area (Å²) in [5.74, 6) is 0. The van der Waals surface area contributed by atoms with Crippen LogP contribution in [-0.2, 0) is 14.8 Å². The molecule has 6 heteroatoms. The summed E-state index contributed by atoms with van der Waals surface area (Å²) in [4.78, 5) is 0.308. The van der Waals surface area contributed by atoms with Crippen LogP contribution in [0.3, 0.4) is 0 Å². The lowest BCUT2D eigenvalue weighted by Gasteiger charge is -2.24. The first-order valence-corrected chi connectivity index (χ1v) is 8.02. The van der Waals surface area contributed by atoms with E-state index in [9.17, 15) is 8.42 Å². The number of hydrogen-bond donors (Lipinski definition) is 1. The van der Waals surface area contributed by atoms with Crippen LogP contribution in [0.25, 0.3) is 0 Å². The van der Waals surface area contributed by atoms with Crippen LogP contribution >= 0.6 is 0 Å². The van der Waals surface area contributed by atoms with Gasteiger partial charge in [-0.2, -0.15) is 4.31 Å². The van der Waals surface area contributed by atoms with Gasteiger partial charge in [0.15, 0.2) is 0 Å². The SMILES string of the molecule is CNC(C)c1cccc(S(=O)(=O)N(C)C(C)COC)c1. The minimum absolute atomic E-state index is 0.104. The molecule has 0 amide bonds. The molecule has 5 nitrogen and oxygen atoms in total. The van der Waals surface area contributed by atoms with Crippen LogP contribution in [0.1, 0.15) is 25.5 Å². The van der Waals surface area contributed by atoms with Crippen molar-refractivity contribution in [1.29, 1.82) is 0 Å². The number of sulfonamides is 1. The molecule has 0 aliphatic heterocycles. The lowest BCUT2D eigenvalue weighted by Crippen LogP contribution is -2.37. The summed E-state index contributed by atoms with van der Waals surface area (Å²) in [6.07, 6.45) is 0. The second-order valence-electron chi connectivity index (χ2n) is 4.91. The summed E-state index contributed by atoms with van der Waals surface area (Å²) in [6, 6.07) is 6.91. The molecule has 20 heavy (non-hydrogen) atoms. The molecule has 2 atom stereocenters. The number of nitrogens with zero attached hydrogens (tertiary/aromatic N) is 1. The Morgan fingerprint density at radius 3 is 2.55 bits per heavy atom. The van der Waals surface area contributed by atoms with E-state index in [1.807, 2.05) is 27.0 Å². The van der Waals surface area contributed by atoms with Gasteiger partial charge in [0, 0.05) is 26.2 Å². The Hall–Kier alpha value is -0.950. The van der Waals surface area contributed by atoms with E-state index < -0.39 is 10.0 Å². The Bertz CT molecular complexity index is 531. The van der Waals surface area contributed by atoms with Crippen LogP contribution < -0.4 is 5.32 Å². The van der Waals surface area contributed by atoms with Gasteiger partial charge in [-0.05, 0) is 38.6 Å². The Labute approximate surface area is 122 Å². The number of nitrogens with one attached hydrogen (secondary N) is 1. The van der Waals surface area contributed by atoms with Gasteiger partial charge in [0.05, 0.1) is 11.5 Å². The van der Waals surface area contributed by atoms with Crippen molar-refractivity contribution in [3.8, 4) is 0 Å². The highest BCUT2D eigenvalue weighted by Gasteiger charge is 2.25. The normalized spacial score (nSPS) is 15.3. The molecular formula is C14H24N2O3S. The highest BCUT2D eigenvalue weighted by atomic mass is 32.2. The van der Waals surface area contributed by atoms with E-state index in [4.69, 9.17) is 4.74 Å². The molecular weight excluding hydrogens is 276 g/mol. The molecule has 0 fully saturated rings. The van der Waals surface area contributed by atoms with Crippen molar-refractivity contribution >= 4 is 10.0 Å². The van der Waals surface area contributed by atoms with Crippen molar-refractivity contribution in [2.75, 3.05) is 27.8 Å². The fourth-order valence-corrected chi connectivity index (χ4v) is 3.26. The second kappa shape index (κ2) is 7.17. The molecule has 0 aliphatic rings. The standard InChI is InChI=1S/C14H24N2O3S/c1-11(10-19-5)16(4)20(17,18)14-8-6-7-13(9-14)12(2)15-3/h6-9,11-12,15H,10H2,1-5H3. The van der Waals surface area contributed by atoms with Gasteiger partial charge in [0.2, 0.25) is 10.0 Å². The van der Waals surface area contributed by atoms with E-state index in [1.165, 1.54) is 4.31 Å². The van der Waals surface area contributed by atoms with Crippen LogP contribution in [0.15, 0.2) is 29.2 Å². The predicted octanol–water partition coefficient (Wildman–Crippen LogP) is 1.62. The molecule has 114 valence electrons. The van der Waals surface area contributed by atoms with Crippen molar-refractivity contribution in [3.63, 3.8) is 0 Å². The third-order valence-electron chi connectivity index (χ3n) is 3.50. The average molecular weight is 300 g/mol. The molecule has 2 unspecified atom stereocenters. The fraction of sp³-hybridized carbons (Fsp3) is 0.571. The lowest BCUT2D eigenvalue weighted by molar-refractivity contribution is 0.149. The smallest absolute Gasteiger partial charge is 0.243 e. The van der Waals surface area contributed by atoms with Crippen LogP contribution in [0.4, 0.5) is 0 Å². The summed E-state index contributed by atoms with van der Waals surface area (Å²) in [5, 5.41) is 3.10. The van der Waals surface area contributed by atoms with Gasteiger partial charge in [-0.25, -0.2) is 8.42 Å². The van der Waals surface area contributed by atoms with Gasteiger partial charge in [-0.1, -0.05) is 12.1 Å². The van der Waals surface area contributed by atoms with Crippen LogP contribution in [0.5, 0.6) is 0 Å². The molecule has 0 saturated carbocycles. The zero-order valence-corrected chi connectivity index (χ0v) is 13.6. The molecule has 1 aromatic rings. The van der Waals surface area contributed by atoms with Gasteiger partial charge in [-0.3, -0.25) is 0 Å². The summed E-state index contributed by atoms with van der Waals surface area (Å²) in [6.45, 7) is 4.17. The number of rotatable bonds is 7. The summed E-state index contributed by atoms with van der Waals surface area (Å²) >= 11 is 0. The van der Waals surface area contributed by atoms with E-state index in [0.29, 0.717) is 11.5 Å². The monoisotopic (exact) mass is 300 g/mol. The maximum absolute atomic E-state index is 12.6. The first-order chi connectivity index (χ1) is 9.34. The summed E-state index contributed by atoms with van der Waals surface area (Å²) in [7, 11) is 1.49. The first-order valence-electron chi connectivity index (χ1n) is 6.58. The predicted molar refractivity (Wildman–Crippen MR) is 80.2 cm³/mol. The Balaban J connectivity index is 3.09. The Kier molecular flexibility index (Phi) is 6.13. The number of ether oxygens (including phenoxy) is 1. The van der Waals surface area contributed by atoms with E-state index in [2.05, 4.69) is 5.32 Å². The quantitative estimate of drug-likeness (QED) is 0.831. The van der Waals surface area contributed by atoms with Crippen molar-refractivity contribution in [3.05, 3.63) is 29.8 Å². The third-order valence-corrected chi connectivity index (χ3v) is 5.46. The van der Waals surface area contributed by atoms with Gasteiger partial charge >= 0.3 is 0 Å². The van der Waals surface area contributed by atoms with E-state index >= 15 is 0 Å². The van der Waals surface area contributed by atoms with Crippen LogP contribution in [-0.4, -0.2) is 46.6 Å². The fourth-order valence-electron chi connectivity index (χ4n) is 1.86. The Morgan fingerprint density at radius 2 is 2.00 bits per heavy atom. The number of likely N-dealkylation sites (N-methyl/N-ethyl adjacent to an activating group) is 1. The molecule has 1 aromatic carbocycles. The maximum atomic E-state index is 12.6. The van der Waals surface area contributed by atoms with Gasteiger partial charge in [-0.15, -0.1) is 0 Å². The van der Waals surface area contributed by atoms with E-state index in [-0.39, 0.29) is 12.1 Å². The van der Waals surface area contributed by atoms with Gasteiger partial charge < -0.3 is 10.1 Å². The summed E-state index contributed by atoms with van der Waals surface area (Å²) in [5.41, 5.74) is 0.946. The van der Waals surface area contributed by atoms with E-state index in [1.54, 1.807) is 32.4 Å². The molecule has 0 aliphatic carbocycles. The molecule has 0 spiro atoms. The van der Waals surface area contributed by atoms with E-state index in [0.717, 1.165) is 5.56 Å². The highest BCUT2D eigenvalue weighted by Crippen LogP contribution is 2.21. The number of benzene rings is 1. The van der Waals surface area contributed by atoms with Crippen LogP contribution in [0.2, 0.25) is 0 Å².